The first-order valence-corrected chi connectivity index (χ1v) is 5.96. The summed E-state index contributed by atoms with van der Waals surface area (Å²) in [6, 6.07) is 10.4. The van der Waals surface area contributed by atoms with Crippen molar-refractivity contribution in [2.75, 3.05) is 13.1 Å². The molecule has 0 N–H and O–H groups in total. The van der Waals surface area contributed by atoms with E-state index < -0.39 is 0 Å². The monoisotopic (exact) mass is 217 g/mol. The van der Waals surface area contributed by atoms with Gasteiger partial charge in [0.2, 0.25) is 0 Å². The van der Waals surface area contributed by atoms with Gasteiger partial charge in [0.25, 0.3) is 0 Å². The van der Waals surface area contributed by atoms with Gasteiger partial charge in [-0.25, -0.2) is 0 Å². The number of hydrogen-bond acceptors (Lipinski definition) is 2. The summed E-state index contributed by atoms with van der Waals surface area (Å²) >= 11 is 0. The number of hydrogen-bond donors (Lipinski definition) is 0. The van der Waals surface area contributed by atoms with Crippen LogP contribution in [0.5, 0.6) is 0 Å². The Hall–Kier alpha value is -1.15. The van der Waals surface area contributed by atoms with Crippen molar-refractivity contribution < 1.29 is 4.79 Å². The van der Waals surface area contributed by atoms with E-state index in [-0.39, 0.29) is 5.92 Å². The summed E-state index contributed by atoms with van der Waals surface area (Å²) in [4.78, 5) is 14.0. The van der Waals surface area contributed by atoms with Crippen LogP contribution in [0.25, 0.3) is 0 Å². The minimum absolute atomic E-state index is 0.240. The van der Waals surface area contributed by atoms with Gasteiger partial charge in [-0.2, -0.15) is 0 Å². The lowest BCUT2D eigenvalue weighted by molar-refractivity contribution is -0.120. The van der Waals surface area contributed by atoms with Gasteiger partial charge in [0.05, 0.1) is 6.54 Å². The molecule has 1 aliphatic heterocycles. The lowest BCUT2D eigenvalue weighted by Gasteiger charge is -2.16. The molecule has 1 aromatic rings. The topological polar surface area (TPSA) is 20.3 Å². The summed E-state index contributed by atoms with van der Waals surface area (Å²) in [5, 5.41) is 0. The molecule has 1 saturated heterocycles. The van der Waals surface area contributed by atoms with Gasteiger partial charge in [-0.15, -0.1) is 0 Å². The number of nitrogens with zero attached hydrogens (tertiary/aromatic N) is 1. The van der Waals surface area contributed by atoms with Crippen LogP contribution in [0.4, 0.5) is 0 Å². The van der Waals surface area contributed by atoms with E-state index in [1.54, 1.807) is 0 Å². The molecule has 0 bridgehead atoms. The maximum Gasteiger partial charge on any atom is 0.151 e. The van der Waals surface area contributed by atoms with Crippen LogP contribution in [-0.4, -0.2) is 23.8 Å². The summed E-state index contributed by atoms with van der Waals surface area (Å²) < 4.78 is 0. The third-order valence-corrected chi connectivity index (χ3v) is 3.30. The first-order valence-electron chi connectivity index (χ1n) is 5.96. The lowest BCUT2D eigenvalue weighted by Crippen LogP contribution is -2.21. The van der Waals surface area contributed by atoms with Crippen LogP contribution in [-0.2, 0) is 11.3 Å². The Morgan fingerprint density at radius 1 is 1.31 bits per heavy atom. The van der Waals surface area contributed by atoms with Crippen LogP contribution in [0.15, 0.2) is 30.3 Å². The molecule has 0 radical (unpaired) electrons. The first kappa shape index (κ1) is 11.3. The summed E-state index contributed by atoms with van der Waals surface area (Å²) in [6.45, 7) is 6.71. The Morgan fingerprint density at radius 2 is 2.00 bits per heavy atom. The molecule has 16 heavy (non-hydrogen) atoms. The number of carbonyl (C=O) groups excluding carboxylic acids is 1. The van der Waals surface area contributed by atoms with Gasteiger partial charge in [-0.1, -0.05) is 44.2 Å². The Morgan fingerprint density at radius 3 is 2.56 bits per heavy atom. The van der Waals surface area contributed by atoms with Crippen LogP contribution >= 0.6 is 0 Å². The van der Waals surface area contributed by atoms with Gasteiger partial charge in [0, 0.05) is 19.0 Å². The van der Waals surface area contributed by atoms with Crippen LogP contribution in [0.3, 0.4) is 0 Å². The maximum atomic E-state index is 11.8. The highest BCUT2D eigenvalue weighted by Crippen LogP contribution is 2.22. The Balaban J connectivity index is 1.97. The third kappa shape index (κ3) is 2.50. The van der Waals surface area contributed by atoms with Crippen molar-refractivity contribution in [3.63, 3.8) is 0 Å². The van der Waals surface area contributed by atoms with E-state index >= 15 is 0 Å². The SMILES string of the molecule is CC(C)C1CN(Cc2ccccc2)CC1=O. The van der Waals surface area contributed by atoms with Crippen molar-refractivity contribution in [3.8, 4) is 0 Å². The van der Waals surface area contributed by atoms with E-state index in [2.05, 4.69) is 30.9 Å². The van der Waals surface area contributed by atoms with Gasteiger partial charge in [0.15, 0.2) is 5.78 Å². The normalized spacial score (nSPS) is 21.9. The summed E-state index contributed by atoms with van der Waals surface area (Å²) in [5.41, 5.74) is 1.29. The maximum absolute atomic E-state index is 11.8. The average molecular weight is 217 g/mol. The van der Waals surface area contributed by atoms with Crippen molar-refractivity contribution in [1.82, 2.24) is 4.90 Å². The van der Waals surface area contributed by atoms with Crippen molar-refractivity contribution in [2.24, 2.45) is 11.8 Å². The summed E-state index contributed by atoms with van der Waals surface area (Å²) in [7, 11) is 0. The fourth-order valence-corrected chi connectivity index (χ4v) is 2.33. The quantitative estimate of drug-likeness (QED) is 0.774. The van der Waals surface area contributed by atoms with Crippen LogP contribution < -0.4 is 0 Å². The van der Waals surface area contributed by atoms with Crippen molar-refractivity contribution in [3.05, 3.63) is 35.9 Å². The van der Waals surface area contributed by atoms with Gasteiger partial charge in [-0.3, -0.25) is 9.69 Å². The molecule has 0 amide bonds. The third-order valence-electron chi connectivity index (χ3n) is 3.30. The van der Waals surface area contributed by atoms with E-state index in [1.807, 2.05) is 18.2 Å². The van der Waals surface area contributed by atoms with Crippen LogP contribution in [0, 0.1) is 11.8 Å². The van der Waals surface area contributed by atoms with Crippen molar-refractivity contribution in [2.45, 2.75) is 20.4 Å². The van der Waals surface area contributed by atoms with Gasteiger partial charge in [0.1, 0.15) is 0 Å². The van der Waals surface area contributed by atoms with E-state index in [0.717, 1.165) is 13.1 Å². The predicted molar refractivity (Wildman–Crippen MR) is 65.1 cm³/mol. The molecular weight excluding hydrogens is 198 g/mol. The molecule has 1 aliphatic rings. The molecule has 86 valence electrons. The fraction of sp³-hybridized carbons (Fsp3) is 0.500. The highest BCUT2D eigenvalue weighted by Gasteiger charge is 2.32. The largest absolute Gasteiger partial charge is 0.298 e. The molecule has 1 aromatic carbocycles. The van der Waals surface area contributed by atoms with Crippen molar-refractivity contribution >= 4 is 5.78 Å². The molecule has 0 spiro atoms. The number of rotatable bonds is 3. The zero-order valence-corrected chi connectivity index (χ0v) is 10.0. The van der Waals surface area contributed by atoms with E-state index in [0.29, 0.717) is 18.2 Å². The lowest BCUT2D eigenvalue weighted by atomic mass is 9.94. The molecule has 1 unspecified atom stereocenters. The molecule has 1 heterocycles. The molecule has 2 nitrogen and oxygen atoms in total. The predicted octanol–water partition coefficient (Wildman–Crippen LogP) is 2.34. The highest BCUT2D eigenvalue weighted by molar-refractivity contribution is 5.85. The number of Topliss-reactive ketones (excluding diaryl/α,β-unsaturated/α-hetero) is 1. The molecule has 0 aromatic heterocycles. The zero-order valence-electron chi connectivity index (χ0n) is 10.0. The minimum Gasteiger partial charge on any atom is -0.298 e. The number of likely N-dealkylation sites (tertiary alicyclic amines) is 1. The van der Waals surface area contributed by atoms with Crippen molar-refractivity contribution in [1.29, 1.82) is 0 Å². The second-order valence-corrected chi connectivity index (χ2v) is 4.97. The highest BCUT2D eigenvalue weighted by atomic mass is 16.1. The number of benzene rings is 1. The molecule has 2 rings (SSSR count). The Labute approximate surface area is 97.3 Å². The van der Waals surface area contributed by atoms with Gasteiger partial charge < -0.3 is 0 Å². The number of ketones is 1. The first-order chi connectivity index (χ1) is 7.66. The molecular formula is C14H19NO. The number of carbonyl (C=O) groups is 1. The Bertz CT molecular complexity index is 358. The molecule has 0 saturated carbocycles. The molecule has 2 heteroatoms. The van der Waals surface area contributed by atoms with Crippen LogP contribution in [0.1, 0.15) is 19.4 Å². The second kappa shape index (κ2) is 4.79. The summed E-state index contributed by atoms with van der Waals surface area (Å²) in [6.07, 6.45) is 0. The Kier molecular flexibility index (Phi) is 3.39. The zero-order chi connectivity index (χ0) is 11.5. The molecule has 1 atom stereocenters. The van der Waals surface area contributed by atoms with E-state index in [4.69, 9.17) is 0 Å². The molecule has 1 fully saturated rings. The van der Waals surface area contributed by atoms with E-state index in [1.165, 1.54) is 5.56 Å². The standard InChI is InChI=1S/C14H19NO/c1-11(2)13-9-15(10-14(13)16)8-12-6-4-3-5-7-12/h3-7,11,13H,8-10H2,1-2H3. The smallest absolute Gasteiger partial charge is 0.151 e. The fourth-order valence-electron chi connectivity index (χ4n) is 2.33. The van der Waals surface area contributed by atoms with Crippen LogP contribution in [0.2, 0.25) is 0 Å². The van der Waals surface area contributed by atoms with Gasteiger partial charge >= 0.3 is 0 Å². The molecule has 0 aliphatic carbocycles. The second-order valence-electron chi connectivity index (χ2n) is 4.97. The van der Waals surface area contributed by atoms with E-state index in [9.17, 15) is 4.79 Å². The average Bonchev–Trinajstić information content (AvgIpc) is 2.61. The van der Waals surface area contributed by atoms with Gasteiger partial charge in [-0.05, 0) is 11.5 Å². The minimum atomic E-state index is 0.240. The summed E-state index contributed by atoms with van der Waals surface area (Å²) in [5.74, 6) is 1.11.